The summed E-state index contributed by atoms with van der Waals surface area (Å²) in [5.74, 6) is 1.95. The smallest absolute Gasteiger partial charge is 0.164 e. The summed E-state index contributed by atoms with van der Waals surface area (Å²) < 4.78 is 0. The third-order valence-corrected chi connectivity index (χ3v) is 12.8. The average molecular weight is 770 g/mol. The zero-order chi connectivity index (χ0) is 39.9. The third-order valence-electron chi connectivity index (χ3n) is 12.8. The van der Waals surface area contributed by atoms with Crippen LogP contribution in [0.25, 0.3) is 89.8 Å². The van der Waals surface area contributed by atoms with Gasteiger partial charge in [0.15, 0.2) is 17.5 Å². The normalized spacial score (nSPS) is 13.8. The Morgan fingerprint density at radius 3 is 1.12 bits per heavy atom. The lowest BCUT2D eigenvalue weighted by molar-refractivity contribution is 0.353. The summed E-state index contributed by atoms with van der Waals surface area (Å²) in [6.07, 6.45) is 6.40. The van der Waals surface area contributed by atoms with E-state index in [0.717, 1.165) is 27.8 Å². The maximum Gasteiger partial charge on any atom is 0.164 e. The van der Waals surface area contributed by atoms with E-state index in [9.17, 15) is 0 Å². The van der Waals surface area contributed by atoms with Crippen molar-refractivity contribution in [2.24, 2.45) is 0 Å². The van der Waals surface area contributed by atoms with Gasteiger partial charge >= 0.3 is 0 Å². The van der Waals surface area contributed by atoms with E-state index in [2.05, 4.69) is 164 Å². The van der Waals surface area contributed by atoms with Crippen LogP contribution in [-0.4, -0.2) is 15.0 Å². The predicted octanol–water partition coefficient (Wildman–Crippen LogP) is 14.8. The highest BCUT2D eigenvalue weighted by Crippen LogP contribution is 2.58. The van der Waals surface area contributed by atoms with Crippen LogP contribution in [0.1, 0.15) is 43.2 Å². The predicted molar refractivity (Wildman–Crippen MR) is 247 cm³/mol. The Balaban J connectivity index is 0.854. The summed E-state index contributed by atoms with van der Waals surface area (Å²) >= 11 is 0. The van der Waals surface area contributed by atoms with Crippen LogP contribution in [0, 0.1) is 0 Å². The first-order valence-corrected chi connectivity index (χ1v) is 21.2. The standard InChI is InChI=1S/C57H43N3/c1-4-13-39(14-5-1)40-27-33-47(34-28-40)55-58-54(46-15-6-2-7-16-46)59-56(60-55)48-35-29-44(30-36-48)42-23-21-41(22-24-42)43-25-31-45(32-26-43)49-18-12-19-51-50-17-8-9-20-52(50)57(53(49)51)37-10-3-11-38-57/h1-2,4-9,12-36H,3,10-11,37-38H2. The first-order valence-electron chi connectivity index (χ1n) is 21.2. The Hall–Kier alpha value is -7.23. The Kier molecular flexibility index (Phi) is 9.08. The number of fused-ring (bicyclic) bond motifs is 5. The molecule has 1 aromatic heterocycles. The zero-order valence-corrected chi connectivity index (χ0v) is 33.4. The van der Waals surface area contributed by atoms with Gasteiger partial charge in [-0.15, -0.1) is 0 Å². The van der Waals surface area contributed by atoms with Gasteiger partial charge in [-0.25, -0.2) is 15.0 Å². The van der Waals surface area contributed by atoms with Gasteiger partial charge in [0.2, 0.25) is 0 Å². The minimum atomic E-state index is 0.128. The van der Waals surface area contributed by atoms with Crippen LogP contribution < -0.4 is 0 Å². The van der Waals surface area contributed by atoms with Crippen LogP contribution in [0.5, 0.6) is 0 Å². The molecule has 1 heterocycles. The highest BCUT2D eigenvalue weighted by atomic mass is 15.0. The molecular weight excluding hydrogens is 727 g/mol. The molecule has 0 N–H and O–H groups in total. The molecule has 60 heavy (non-hydrogen) atoms. The second kappa shape index (κ2) is 15.2. The van der Waals surface area contributed by atoms with Gasteiger partial charge in [-0.05, 0) is 79.6 Å². The number of benzene rings is 8. The maximum atomic E-state index is 5.00. The van der Waals surface area contributed by atoms with E-state index in [0.29, 0.717) is 17.5 Å². The molecule has 2 aliphatic rings. The number of nitrogens with zero attached hydrogens (tertiary/aromatic N) is 3. The molecule has 0 atom stereocenters. The Bertz CT molecular complexity index is 2950. The van der Waals surface area contributed by atoms with Gasteiger partial charge in [0.1, 0.15) is 0 Å². The van der Waals surface area contributed by atoms with Gasteiger partial charge in [0, 0.05) is 22.1 Å². The van der Waals surface area contributed by atoms with Gasteiger partial charge in [0.25, 0.3) is 0 Å². The lowest BCUT2D eigenvalue weighted by atomic mass is 9.66. The number of hydrogen-bond acceptors (Lipinski definition) is 3. The van der Waals surface area contributed by atoms with Crippen molar-refractivity contribution < 1.29 is 0 Å². The van der Waals surface area contributed by atoms with E-state index < -0.39 is 0 Å². The molecule has 2 aliphatic carbocycles. The van der Waals surface area contributed by atoms with Crippen LogP contribution >= 0.6 is 0 Å². The van der Waals surface area contributed by atoms with E-state index >= 15 is 0 Å². The lowest BCUT2D eigenvalue weighted by Crippen LogP contribution is -2.28. The highest BCUT2D eigenvalue weighted by molar-refractivity contribution is 5.89. The Labute approximate surface area is 352 Å². The molecule has 11 rings (SSSR count). The van der Waals surface area contributed by atoms with Gasteiger partial charge < -0.3 is 0 Å². The van der Waals surface area contributed by atoms with E-state index in [1.54, 1.807) is 5.56 Å². The molecule has 1 fully saturated rings. The molecule has 0 amide bonds. The minimum Gasteiger partial charge on any atom is -0.208 e. The van der Waals surface area contributed by atoms with Crippen LogP contribution in [0.15, 0.2) is 200 Å². The van der Waals surface area contributed by atoms with E-state index in [-0.39, 0.29) is 5.41 Å². The van der Waals surface area contributed by atoms with Crippen LogP contribution in [0.4, 0.5) is 0 Å². The fraction of sp³-hybridized carbons (Fsp3) is 0.105. The number of aromatic nitrogens is 3. The van der Waals surface area contributed by atoms with Crippen LogP contribution in [0.3, 0.4) is 0 Å². The zero-order valence-electron chi connectivity index (χ0n) is 33.4. The first-order chi connectivity index (χ1) is 29.7. The largest absolute Gasteiger partial charge is 0.208 e. The molecule has 0 aliphatic heterocycles. The number of hydrogen-bond donors (Lipinski definition) is 0. The molecule has 286 valence electrons. The first kappa shape index (κ1) is 35.9. The SMILES string of the molecule is c1ccc(-c2ccc(-c3nc(-c4ccccc4)nc(-c4ccc(-c5ccc(-c6ccc(-c7cccc8c7C7(CCCCC7)c7ccccc7-8)cc6)cc5)cc4)n3)cc2)cc1. The van der Waals surface area contributed by atoms with Crippen molar-refractivity contribution in [2.75, 3.05) is 0 Å². The van der Waals surface area contributed by atoms with E-state index in [1.165, 1.54) is 82.2 Å². The molecule has 0 unspecified atom stereocenters. The second-order valence-electron chi connectivity index (χ2n) is 16.3. The third kappa shape index (κ3) is 6.44. The van der Waals surface area contributed by atoms with E-state index in [1.807, 2.05) is 36.4 Å². The quantitative estimate of drug-likeness (QED) is 0.162. The molecule has 1 saturated carbocycles. The van der Waals surface area contributed by atoms with Crippen molar-refractivity contribution in [3.05, 3.63) is 211 Å². The minimum absolute atomic E-state index is 0.128. The molecular formula is C57H43N3. The maximum absolute atomic E-state index is 5.00. The fourth-order valence-electron chi connectivity index (χ4n) is 9.78. The summed E-state index contributed by atoms with van der Waals surface area (Å²) in [6.45, 7) is 0. The van der Waals surface area contributed by atoms with Crippen molar-refractivity contribution >= 4 is 0 Å². The van der Waals surface area contributed by atoms with E-state index in [4.69, 9.17) is 15.0 Å². The topological polar surface area (TPSA) is 38.7 Å². The van der Waals surface area contributed by atoms with Crippen molar-refractivity contribution in [1.29, 1.82) is 0 Å². The summed E-state index contributed by atoms with van der Waals surface area (Å²) in [4.78, 5) is 14.9. The van der Waals surface area contributed by atoms with Gasteiger partial charge in [-0.2, -0.15) is 0 Å². The molecule has 3 nitrogen and oxygen atoms in total. The number of rotatable bonds is 7. The summed E-state index contributed by atoms with van der Waals surface area (Å²) in [7, 11) is 0. The fourth-order valence-corrected chi connectivity index (χ4v) is 9.78. The van der Waals surface area contributed by atoms with Crippen molar-refractivity contribution in [3.8, 4) is 89.8 Å². The van der Waals surface area contributed by atoms with Gasteiger partial charge in [0.05, 0.1) is 0 Å². The molecule has 0 bridgehead atoms. The molecule has 0 radical (unpaired) electrons. The Morgan fingerprint density at radius 1 is 0.267 bits per heavy atom. The molecule has 0 saturated heterocycles. The Morgan fingerprint density at radius 2 is 0.617 bits per heavy atom. The summed E-state index contributed by atoms with van der Waals surface area (Å²) in [6, 6.07) is 71.8. The van der Waals surface area contributed by atoms with Crippen LogP contribution in [-0.2, 0) is 5.41 Å². The lowest BCUT2D eigenvalue weighted by Gasteiger charge is -2.37. The molecule has 1 spiro atoms. The summed E-state index contributed by atoms with van der Waals surface area (Å²) in [5.41, 5.74) is 18.7. The molecule has 8 aromatic carbocycles. The van der Waals surface area contributed by atoms with Gasteiger partial charge in [-0.1, -0.05) is 219 Å². The van der Waals surface area contributed by atoms with Crippen molar-refractivity contribution in [1.82, 2.24) is 15.0 Å². The molecule has 3 heteroatoms. The van der Waals surface area contributed by atoms with Crippen molar-refractivity contribution in [2.45, 2.75) is 37.5 Å². The monoisotopic (exact) mass is 769 g/mol. The van der Waals surface area contributed by atoms with Gasteiger partial charge in [-0.3, -0.25) is 0 Å². The van der Waals surface area contributed by atoms with Crippen molar-refractivity contribution in [3.63, 3.8) is 0 Å². The molecule has 9 aromatic rings. The average Bonchev–Trinajstić information content (AvgIpc) is 3.61. The van der Waals surface area contributed by atoms with Crippen LogP contribution in [0.2, 0.25) is 0 Å². The highest BCUT2D eigenvalue weighted by Gasteiger charge is 2.45. The summed E-state index contributed by atoms with van der Waals surface area (Å²) in [5, 5.41) is 0. The second-order valence-corrected chi connectivity index (χ2v) is 16.3.